The predicted octanol–water partition coefficient (Wildman–Crippen LogP) is 3.26. The quantitative estimate of drug-likeness (QED) is 0.870. The first-order chi connectivity index (χ1) is 9.31. The van der Waals surface area contributed by atoms with Gasteiger partial charge in [0.15, 0.2) is 0 Å². The summed E-state index contributed by atoms with van der Waals surface area (Å²) in [5, 5.41) is 3.53. The van der Waals surface area contributed by atoms with Crippen LogP contribution in [0.25, 0.3) is 0 Å². The van der Waals surface area contributed by atoms with Crippen LogP contribution in [0, 0.1) is 0 Å². The largest absolute Gasteiger partial charge is 0.491 e. The third kappa shape index (κ3) is 3.94. The molecule has 1 unspecified atom stereocenters. The molecular formula is C15H20BrNO2. The van der Waals surface area contributed by atoms with Gasteiger partial charge in [-0.25, -0.2) is 0 Å². The number of nitrogens with one attached hydrogen (secondary N) is 1. The highest BCUT2D eigenvalue weighted by atomic mass is 79.9. The molecule has 0 spiro atoms. The Morgan fingerprint density at radius 2 is 2.21 bits per heavy atom. The van der Waals surface area contributed by atoms with Crippen LogP contribution in [0.2, 0.25) is 0 Å². The lowest BCUT2D eigenvalue weighted by Crippen LogP contribution is -2.17. The number of rotatable bonds is 6. The Labute approximate surface area is 122 Å². The van der Waals surface area contributed by atoms with Crippen molar-refractivity contribution in [1.82, 2.24) is 5.32 Å². The summed E-state index contributed by atoms with van der Waals surface area (Å²) in [6, 6.07) is 6.92. The van der Waals surface area contributed by atoms with Crippen LogP contribution in [-0.4, -0.2) is 25.4 Å². The highest BCUT2D eigenvalue weighted by molar-refractivity contribution is 9.10. The van der Waals surface area contributed by atoms with E-state index in [1.165, 1.54) is 18.4 Å². The van der Waals surface area contributed by atoms with E-state index in [9.17, 15) is 0 Å². The van der Waals surface area contributed by atoms with Crippen molar-refractivity contribution in [3.05, 3.63) is 28.2 Å². The Kier molecular flexibility index (Phi) is 4.41. The first-order valence-electron chi connectivity index (χ1n) is 7.07. The summed E-state index contributed by atoms with van der Waals surface area (Å²) in [6.07, 6.45) is 5.17. The van der Waals surface area contributed by atoms with Gasteiger partial charge in [-0.1, -0.05) is 15.9 Å². The van der Waals surface area contributed by atoms with Crippen molar-refractivity contribution in [3.8, 4) is 5.75 Å². The van der Waals surface area contributed by atoms with E-state index in [0.29, 0.717) is 6.61 Å². The molecule has 1 aliphatic carbocycles. The van der Waals surface area contributed by atoms with Crippen LogP contribution >= 0.6 is 15.9 Å². The van der Waals surface area contributed by atoms with Crippen LogP contribution in [-0.2, 0) is 11.3 Å². The van der Waals surface area contributed by atoms with E-state index in [1.807, 2.05) is 6.07 Å². The Balaban J connectivity index is 1.55. The minimum Gasteiger partial charge on any atom is -0.491 e. The molecule has 1 N–H and O–H groups in total. The van der Waals surface area contributed by atoms with Gasteiger partial charge in [0.1, 0.15) is 12.4 Å². The number of hydrogen-bond donors (Lipinski definition) is 1. The van der Waals surface area contributed by atoms with Gasteiger partial charge < -0.3 is 14.8 Å². The zero-order valence-corrected chi connectivity index (χ0v) is 12.6. The average Bonchev–Trinajstić information content (AvgIpc) is 3.10. The van der Waals surface area contributed by atoms with E-state index in [2.05, 4.69) is 33.4 Å². The van der Waals surface area contributed by atoms with Crippen LogP contribution in [0.3, 0.4) is 0 Å². The van der Waals surface area contributed by atoms with Gasteiger partial charge in [-0.2, -0.15) is 0 Å². The lowest BCUT2D eigenvalue weighted by atomic mass is 10.2. The molecular weight excluding hydrogens is 306 g/mol. The van der Waals surface area contributed by atoms with Crippen LogP contribution in [0.1, 0.15) is 31.2 Å². The lowest BCUT2D eigenvalue weighted by Gasteiger charge is -2.13. The van der Waals surface area contributed by atoms with Gasteiger partial charge in [-0.15, -0.1) is 0 Å². The summed E-state index contributed by atoms with van der Waals surface area (Å²) in [7, 11) is 0. The number of benzene rings is 1. The normalized spacial score (nSPS) is 22.7. The Morgan fingerprint density at radius 3 is 2.95 bits per heavy atom. The second kappa shape index (κ2) is 6.25. The summed E-state index contributed by atoms with van der Waals surface area (Å²) < 4.78 is 12.5. The second-order valence-corrected chi connectivity index (χ2v) is 6.21. The molecule has 1 saturated carbocycles. The van der Waals surface area contributed by atoms with Gasteiger partial charge in [-0.05, 0) is 49.4 Å². The van der Waals surface area contributed by atoms with E-state index in [0.717, 1.165) is 42.3 Å². The molecule has 3 nitrogen and oxygen atoms in total. The zero-order valence-electron chi connectivity index (χ0n) is 11.0. The van der Waals surface area contributed by atoms with E-state index in [1.54, 1.807) is 0 Å². The van der Waals surface area contributed by atoms with E-state index < -0.39 is 0 Å². The van der Waals surface area contributed by atoms with Gasteiger partial charge in [-0.3, -0.25) is 0 Å². The van der Waals surface area contributed by atoms with Crippen molar-refractivity contribution in [1.29, 1.82) is 0 Å². The smallest absolute Gasteiger partial charge is 0.119 e. The fraction of sp³-hybridized carbons (Fsp3) is 0.600. The van der Waals surface area contributed by atoms with E-state index in [4.69, 9.17) is 9.47 Å². The van der Waals surface area contributed by atoms with Crippen LogP contribution in [0.5, 0.6) is 5.75 Å². The molecule has 2 fully saturated rings. The van der Waals surface area contributed by atoms with Crippen molar-refractivity contribution in [2.45, 2.75) is 44.4 Å². The first-order valence-corrected chi connectivity index (χ1v) is 7.87. The lowest BCUT2D eigenvalue weighted by molar-refractivity contribution is 0.0679. The van der Waals surface area contributed by atoms with Crippen molar-refractivity contribution < 1.29 is 9.47 Å². The van der Waals surface area contributed by atoms with Crippen molar-refractivity contribution in [3.63, 3.8) is 0 Å². The topological polar surface area (TPSA) is 30.5 Å². The SMILES string of the molecule is Brc1ccc(OCC2CCCO2)cc1CNC1CC1. The molecule has 0 bridgehead atoms. The summed E-state index contributed by atoms with van der Waals surface area (Å²) in [5.74, 6) is 0.936. The average molecular weight is 326 g/mol. The molecule has 1 heterocycles. The molecule has 0 radical (unpaired) electrons. The van der Waals surface area contributed by atoms with Crippen molar-refractivity contribution in [2.75, 3.05) is 13.2 Å². The molecule has 1 aromatic rings. The van der Waals surface area contributed by atoms with Crippen LogP contribution in [0.4, 0.5) is 0 Å². The molecule has 3 rings (SSSR count). The fourth-order valence-electron chi connectivity index (χ4n) is 2.28. The molecule has 0 aromatic heterocycles. The zero-order chi connectivity index (χ0) is 13.1. The number of halogens is 1. The molecule has 4 heteroatoms. The van der Waals surface area contributed by atoms with Gasteiger partial charge in [0.05, 0.1) is 6.10 Å². The Hall–Kier alpha value is -0.580. The number of ether oxygens (including phenoxy) is 2. The Bertz CT molecular complexity index is 428. The minimum absolute atomic E-state index is 0.275. The molecule has 1 saturated heterocycles. The highest BCUT2D eigenvalue weighted by Crippen LogP contribution is 2.25. The molecule has 1 aromatic carbocycles. The van der Waals surface area contributed by atoms with E-state index in [-0.39, 0.29) is 6.10 Å². The van der Waals surface area contributed by atoms with E-state index >= 15 is 0 Å². The summed E-state index contributed by atoms with van der Waals surface area (Å²) in [6.45, 7) is 2.45. The van der Waals surface area contributed by atoms with Gasteiger partial charge >= 0.3 is 0 Å². The van der Waals surface area contributed by atoms with Gasteiger partial charge in [0, 0.05) is 23.7 Å². The summed E-state index contributed by atoms with van der Waals surface area (Å²) in [5.41, 5.74) is 1.26. The summed E-state index contributed by atoms with van der Waals surface area (Å²) in [4.78, 5) is 0. The van der Waals surface area contributed by atoms with Crippen molar-refractivity contribution in [2.24, 2.45) is 0 Å². The maximum Gasteiger partial charge on any atom is 0.119 e. The third-order valence-electron chi connectivity index (χ3n) is 3.64. The van der Waals surface area contributed by atoms with Crippen LogP contribution in [0.15, 0.2) is 22.7 Å². The molecule has 2 aliphatic rings. The fourth-order valence-corrected chi connectivity index (χ4v) is 2.67. The molecule has 0 amide bonds. The monoisotopic (exact) mass is 325 g/mol. The van der Waals surface area contributed by atoms with Gasteiger partial charge in [0.2, 0.25) is 0 Å². The van der Waals surface area contributed by atoms with Crippen molar-refractivity contribution >= 4 is 15.9 Å². The predicted molar refractivity (Wildman–Crippen MR) is 78.5 cm³/mol. The highest BCUT2D eigenvalue weighted by Gasteiger charge is 2.20. The van der Waals surface area contributed by atoms with Gasteiger partial charge in [0.25, 0.3) is 0 Å². The molecule has 1 aliphatic heterocycles. The maximum atomic E-state index is 5.83. The summed E-state index contributed by atoms with van der Waals surface area (Å²) >= 11 is 3.60. The standard InChI is InChI=1S/C15H20BrNO2/c16-15-6-5-13(19-10-14-2-1-7-18-14)8-11(15)9-17-12-3-4-12/h5-6,8,12,14,17H,1-4,7,9-10H2. The molecule has 1 atom stereocenters. The van der Waals surface area contributed by atoms with Crippen LogP contribution < -0.4 is 10.1 Å². The second-order valence-electron chi connectivity index (χ2n) is 5.35. The molecule has 104 valence electrons. The number of hydrogen-bond acceptors (Lipinski definition) is 3. The first kappa shape index (κ1) is 13.4. The molecule has 19 heavy (non-hydrogen) atoms. The Morgan fingerprint density at radius 1 is 1.32 bits per heavy atom. The minimum atomic E-state index is 0.275. The third-order valence-corrected chi connectivity index (χ3v) is 4.41. The maximum absolute atomic E-state index is 5.83.